The Balaban J connectivity index is 2.72. The quantitative estimate of drug-likeness (QED) is 0.633. The molecule has 0 aromatic carbocycles. The Morgan fingerprint density at radius 2 is 1.71 bits per heavy atom. The lowest BCUT2D eigenvalue weighted by atomic mass is 10.2. The molecule has 1 aromatic rings. The van der Waals surface area contributed by atoms with Crippen molar-refractivity contribution in [1.82, 2.24) is 15.0 Å². The molecule has 0 aliphatic heterocycles. The number of anilines is 2. The summed E-state index contributed by atoms with van der Waals surface area (Å²) >= 11 is 0. The van der Waals surface area contributed by atoms with Gasteiger partial charge in [-0.2, -0.15) is 15.0 Å². The van der Waals surface area contributed by atoms with Gasteiger partial charge in [-0.15, -0.1) is 0 Å². The van der Waals surface area contributed by atoms with Crippen molar-refractivity contribution in [1.29, 1.82) is 0 Å². The molecule has 6 nitrogen and oxygen atoms in total. The molecule has 1 heterocycles. The number of hydrogen-bond acceptors (Lipinski definition) is 6. The Morgan fingerprint density at radius 3 is 2.33 bits per heavy atom. The lowest BCUT2D eigenvalue weighted by molar-refractivity contribution is 0.281. The van der Waals surface area contributed by atoms with Crippen LogP contribution in [-0.2, 0) is 0 Å². The third-order valence-corrected chi connectivity index (χ3v) is 3.21. The average molecular weight is 295 g/mol. The highest BCUT2D eigenvalue weighted by molar-refractivity contribution is 5.38. The molecule has 0 aliphatic carbocycles. The highest BCUT2D eigenvalue weighted by Crippen LogP contribution is 2.15. The van der Waals surface area contributed by atoms with Crippen molar-refractivity contribution in [3.05, 3.63) is 0 Å². The molecule has 0 radical (unpaired) electrons. The normalized spacial score (nSPS) is 10.5. The highest BCUT2D eigenvalue weighted by Gasteiger charge is 2.11. The van der Waals surface area contributed by atoms with Crippen LogP contribution < -0.4 is 15.0 Å². The van der Waals surface area contributed by atoms with Gasteiger partial charge in [0.2, 0.25) is 11.9 Å². The van der Waals surface area contributed by atoms with E-state index in [1.54, 1.807) is 0 Å². The third-order valence-electron chi connectivity index (χ3n) is 3.21. The summed E-state index contributed by atoms with van der Waals surface area (Å²) in [5.74, 6) is 1.26. The van der Waals surface area contributed by atoms with Gasteiger partial charge >= 0.3 is 6.01 Å². The van der Waals surface area contributed by atoms with E-state index in [1.165, 1.54) is 19.3 Å². The predicted octanol–water partition coefficient (Wildman–Crippen LogP) is 3.11. The second-order valence-electron chi connectivity index (χ2n) is 4.85. The Kier molecular flexibility index (Phi) is 8.47. The number of nitrogens with zero attached hydrogens (tertiary/aromatic N) is 4. The largest absolute Gasteiger partial charge is 0.463 e. The number of ether oxygens (including phenoxy) is 1. The number of aromatic nitrogens is 3. The van der Waals surface area contributed by atoms with E-state index in [4.69, 9.17) is 4.74 Å². The third kappa shape index (κ3) is 6.14. The first-order chi connectivity index (χ1) is 10.2. The van der Waals surface area contributed by atoms with Crippen LogP contribution in [0.25, 0.3) is 0 Å². The Bertz CT molecular complexity index is 396. The summed E-state index contributed by atoms with van der Waals surface area (Å²) in [6.45, 7) is 11.6. The molecule has 1 aromatic heterocycles. The van der Waals surface area contributed by atoms with Gasteiger partial charge in [-0.05, 0) is 27.2 Å². The van der Waals surface area contributed by atoms with Gasteiger partial charge in [0.25, 0.3) is 0 Å². The molecule has 0 bridgehead atoms. The van der Waals surface area contributed by atoms with Crippen LogP contribution in [0.3, 0.4) is 0 Å². The van der Waals surface area contributed by atoms with E-state index in [0.717, 1.165) is 26.1 Å². The molecular weight excluding hydrogens is 266 g/mol. The molecule has 1 rings (SSSR count). The van der Waals surface area contributed by atoms with Crippen LogP contribution in [0.5, 0.6) is 6.01 Å². The van der Waals surface area contributed by atoms with Gasteiger partial charge in [-0.1, -0.05) is 26.2 Å². The van der Waals surface area contributed by atoms with E-state index in [0.29, 0.717) is 24.5 Å². The van der Waals surface area contributed by atoms with Gasteiger partial charge in [0.05, 0.1) is 6.61 Å². The lowest BCUT2D eigenvalue weighted by Crippen LogP contribution is -2.25. The molecule has 0 unspecified atom stereocenters. The zero-order valence-corrected chi connectivity index (χ0v) is 13.9. The summed E-state index contributed by atoms with van der Waals surface area (Å²) in [6.07, 6.45) is 4.69. The lowest BCUT2D eigenvalue weighted by Gasteiger charge is -2.19. The van der Waals surface area contributed by atoms with Gasteiger partial charge in [-0.25, -0.2) is 0 Å². The summed E-state index contributed by atoms with van der Waals surface area (Å²) in [6, 6.07) is 0.416. The zero-order chi connectivity index (χ0) is 15.5. The van der Waals surface area contributed by atoms with Gasteiger partial charge < -0.3 is 15.0 Å². The maximum Gasteiger partial charge on any atom is 0.323 e. The van der Waals surface area contributed by atoms with Crippen molar-refractivity contribution in [2.24, 2.45) is 0 Å². The van der Waals surface area contributed by atoms with Crippen LogP contribution in [0, 0.1) is 0 Å². The van der Waals surface area contributed by atoms with E-state index in [2.05, 4.69) is 45.9 Å². The van der Waals surface area contributed by atoms with Crippen LogP contribution in [0.1, 0.15) is 53.4 Å². The predicted molar refractivity (Wildman–Crippen MR) is 87.2 cm³/mol. The van der Waals surface area contributed by atoms with Gasteiger partial charge in [-0.3, -0.25) is 0 Å². The maximum atomic E-state index is 5.69. The molecule has 0 amide bonds. The van der Waals surface area contributed by atoms with Crippen molar-refractivity contribution < 1.29 is 4.74 Å². The van der Waals surface area contributed by atoms with Crippen LogP contribution >= 0.6 is 0 Å². The van der Waals surface area contributed by atoms with E-state index in [-0.39, 0.29) is 0 Å². The van der Waals surface area contributed by atoms with Crippen LogP contribution in [0.15, 0.2) is 0 Å². The Morgan fingerprint density at radius 1 is 0.952 bits per heavy atom. The van der Waals surface area contributed by atoms with Gasteiger partial charge in [0.1, 0.15) is 0 Å². The maximum absolute atomic E-state index is 5.69. The number of rotatable bonds is 11. The molecular formula is C15H29N5O. The minimum atomic E-state index is 0.416. The first-order valence-corrected chi connectivity index (χ1v) is 8.12. The minimum Gasteiger partial charge on any atom is -0.463 e. The second-order valence-corrected chi connectivity index (χ2v) is 4.85. The zero-order valence-electron chi connectivity index (χ0n) is 13.9. The minimum absolute atomic E-state index is 0.416. The fraction of sp³-hybridized carbons (Fsp3) is 0.800. The molecule has 0 spiro atoms. The monoisotopic (exact) mass is 295 g/mol. The molecule has 0 saturated heterocycles. The van der Waals surface area contributed by atoms with Crippen molar-refractivity contribution in [2.75, 3.05) is 36.5 Å². The van der Waals surface area contributed by atoms with E-state index < -0.39 is 0 Å². The molecule has 0 fully saturated rings. The molecule has 0 atom stereocenters. The van der Waals surface area contributed by atoms with Crippen molar-refractivity contribution in [3.8, 4) is 6.01 Å². The van der Waals surface area contributed by atoms with Gasteiger partial charge in [0.15, 0.2) is 0 Å². The summed E-state index contributed by atoms with van der Waals surface area (Å²) in [7, 11) is 0. The summed E-state index contributed by atoms with van der Waals surface area (Å²) < 4.78 is 5.69. The first-order valence-electron chi connectivity index (χ1n) is 8.12. The van der Waals surface area contributed by atoms with E-state index in [1.807, 2.05) is 6.92 Å². The number of hydrogen-bond donors (Lipinski definition) is 1. The van der Waals surface area contributed by atoms with E-state index in [9.17, 15) is 0 Å². The molecule has 0 saturated carbocycles. The Hall–Kier alpha value is -1.59. The molecule has 120 valence electrons. The SMILES string of the molecule is CCCCCCOc1nc(NCC)nc(N(CC)CC)n1. The average Bonchev–Trinajstić information content (AvgIpc) is 2.48. The first kappa shape index (κ1) is 17.5. The van der Waals surface area contributed by atoms with Crippen molar-refractivity contribution in [2.45, 2.75) is 53.4 Å². The van der Waals surface area contributed by atoms with Crippen molar-refractivity contribution >= 4 is 11.9 Å². The molecule has 6 heteroatoms. The summed E-state index contributed by atoms with van der Waals surface area (Å²) in [5, 5.41) is 3.13. The number of nitrogens with one attached hydrogen (secondary N) is 1. The molecule has 1 N–H and O–H groups in total. The van der Waals surface area contributed by atoms with Crippen LogP contribution in [0.2, 0.25) is 0 Å². The second kappa shape index (κ2) is 10.2. The van der Waals surface area contributed by atoms with Crippen molar-refractivity contribution in [3.63, 3.8) is 0 Å². The Labute approximate surface area is 128 Å². The standard InChI is InChI=1S/C15H29N5O/c1-5-9-10-11-12-21-15-18-13(16-6-2)17-14(19-15)20(7-3)8-4/h5-12H2,1-4H3,(H,16,17,18,19). The fourth-order valence-electron chi connectivity index (χ4n) is 1.99. The van der Waals surface area contributed by atoms with Crippen LogP contribution in [0.4, 0.5) is 11.9 Å². The summed E-state index contributed by atoms with van der Waals surface area (Å²) in [4.78, 5) is 15.3. The topological polar surface area (TPSA) is 63.2 Å². The van der Waals surface area contributed by atoms with E-state index >= 15 is 0 Å². The summed E-state index contributed by atoms with van der Waals surface area (Å²) in [5.41, 5.74) is 0. The number of unbranched alkanes of at least 4 members (excludes halogenated alkanes) is 3. The molecule has 21 heavy (non-hydrogen) atoms. The fourth-order valence-corrected chi connectivity index (χ4v) is 1.99. The smallest absolute Gasteiger partial charge is 0.323 e. The highest BCUT2D eigenvalue weighted by atomic mass is 16.5. The van der Waals surface area contributed by atoms with Gasteiger partial charge in [0, 0.05) is 19.6 Å². The molecule has 0 aliphatic rings. The van der Waals surface area contributed by atoms with Crippen LogP contribution in [-0.4, -0.2) is 41.2 Å².